The maximum atomic E-state index is 11.9. The number of carbonyl (C=O) groups excluding carboxylic acids is 3. The van der Waals surface area contributed by atoms with Crippen LogP contribution in [-0.2, 0) is 14.3 Å². The van der Waals surface area contributed by atoms with Crippen LogP contribution in [0.15, 0.2) is 24.3 Å². The fourth-order valence-electron chi connectivity index (χ4n) is 1.64. The van der Waals surface area contributed by atoms with Gasteiger partial charge in [0.25, 0.3) is 0 Å². The highest BCUT2D eigenvalue weighted by molar-refractivity contribution is 6.01. The first-order valence-corrected chi connectivity index (χ1v) is 6.41. The average Bonchev–Trinajstić information content (AvgIpc) is 2.45. The minimum atomic E-state index is -0.547. The quantitative estimate of drug-likeness (QED) is 0.414. The van der Waals surface area contributed by atoms with Gasteiger partial charge in [0.05, 0.1) is 13.7 Å². The SMILES string of the molecule is CCOC(=O)CC(=O)CCC(=O)c1ccc(OC)cc1. The minimum absolute atomic E-state index is 0.0453. The molecule has 0 aromatic heterocycles. The van der Waals surface area contributed by atoms with E-state index in [1.807, 2.05) is 0 Å². The molecule has 20 heavy (non-hydrogen) atoms. The van der Waals surface area contributed by atoms with Gasteiger partial charge in [-0.25, -0.2) is 0 Å². The summed E-state index contributed by atoms with van der Waals surface area (Å²) in [6, 6.07) is 6.68. The van der Waals surface area contributed by atoms with Gasteiger partial charge in [0.15, 0.2) is 5.78 Å². The van der Waals surface area contributed by atoms with Gasteiger partial charge in [-0.15, -0.1) is 0 Å². The Morgan fingerprint density at radius 2 is 1.70 bits per heavy atom. The molecule has 108 valence electrons. The molecule has 5 nitrogen and oxygen atoms in total. The Labute approximate surface area is 117 Å². The number of ketones is 2. The monoisotopic (exact) mass is 278 g/mol. The van der Waals surface area contributed by atoms with Gasteiger partial charge in [-0.1, -0.05) is 0 Å². The summed E-state index contributed by atoms with van der Waals surface area (Å²) in [5, 5.41) is 0. The van der Waals surface area contributed by atoms with Crippen molar-refractivity contribution in [2.45, 2.75) is 26.2 Å². The number of benzene rings is 1. The zero-order chi connectivity index (χ0) is 15.0. The lowest BCUT2D eigenvalue weighted by Gasteiger charge is -2.03. The van der Waals surface area contributed by atoms with E-state index in [0.717, 1.165) is 0 Å². The van der Waals surface area contributed by atoms with Crippen LogP contribution in [0.5, 0.6) is 5.75 Å². The van der Waals surface area contributed by atoms with E-state index in [9.17, 15) is 14.4 Å². The molecular weight excluding hydrogens is 260 g/mol. The first-order chi connectivity index (χ1) is 9.56. The van der Waals surface area contributed by atoms with Crippen LogP contribution < -0.4 is 4.74 Å². The topological polar surface area (TPSA) is 69.7 Å². The maximum absolute atomic E-state index is 11.9. The first-order valence-electron chi connectivity index (χ1n) is 6.41. The van der Waals surface area contributed by atoms with Crippen molar-refractivity contribution in [3.05, 3.63) is 29.8 Å². The highest BCUT2D eigenvalue weighted by Gasteiger charge is 2.13. The Balaban J connectivity index is 2.42. The molecule has 5 heteroatoms. The van der Waals surface area contributed by atoms with Crippen molar-refractivity contribution < 1.29 is 23.9 Å². The normalized spacial score (nSPS) is 9.90. The van der Waals surface area contributed by atoms with E-state index in [-0.39, 0.29) is 37.4 Å². The average molecular weight is 278 g/mol. The zero-order valence-corrected chi connectivity index (χ0v) is 11.7. The van der Waals surface area contributed by atoms with E-state index in [1.54, 1.807) is 38.3 Å². The molecule has 1 rings (SSSR count). The van der Waals surface area contributed by atoms with Crippen LogP contribution in [0.2, 0.25) is 0 Å². The lowest BCUT2D eigenvalue weighted by molar-refractivity contribution is -0.145. The molecule has 0 unspecified atom stereocenters. The number of Topliss-reactive ketones (excluding diaryl/α,β-unsaturated/α-hetero) is 2. The maximum Gasteiger partial charge on any atom is 0.313 e. The second-order valence-electron chi connectivity index (χ2n) is 4.17. The third-order valence-corrected chi connectivity index (χ3v) is 2.69. The Morgan fingerprint density at radius 3 is 2.25 bits per heavy atom. The molecule has 0 bridgehead atoms. The highest BCUT2D eigenvalue weighted by atomic mass is 16.5. The van der Waals surface area contributed by atoms with E-state index >= 15 is 0 Å². The zero-order valence-electron chi connectivity index (χ0n) is 11.7. The van der Waals surface area contributed by atoms with Crippen molar-refractivity contribution in [2.24, 2.45) is 0 Å². The van der Waals surface area contributed by atoms with Gasteiger partial charge in [0.2, 0.25) is 0 Å². The molecule has 0 aliphatic rings. The molecule has 0 amide bonds. The minimum Gasteiger partial charge on any atom is -0.497 e. The Kier molecular flexibility index (Phi) is 6.43. The number of ether oxygens (including phenoxy) is 2. The number of hydrogen-bond acceptors (Lipinski definition) is 5. The van der Waals surface area contributed by atoms with Gasteiger partial charge in [-0.3, -0.25) is 14.4 Å². The van der Waals surface area contributed by atoms with Crippen molar-refractivity contribution in [1.82, 2.24) is 0 Å². The largest absolute Gasteiger partial charge is 0.497 e. The van der Waals surface area contributed by atoms with Crippen LogP contribution in [0, 0.1) is 0 Å². The van der Waals surface area contributed by atoms with Gasteiger partial charge in [0.1, 0.15) is 18.0 Å². The lowest BCUT2D eigenvalue weighted by Crippen LogP contribution is -2.12. The predicted molar refractivity (Wildman–Crippen MR) is 72.8 cm³/mol. The Morgan fingerprint density at radius 1 is 1.05 bits per heavy atom. The van der Waals surface area contributed by atoms with Crippen LogP contribution in [0.4, 0.5) is 0 Å². The summed E-state index contributed by atoms with van der Waals surface area (Å²) < 4.78 is 9.67. The van der Waals surface area contributed by atoms with Crippen molar-refractivity contribution >= 4 is 17.5 Å². The fraction of sp³-hybridized carbons (Fsp3) is 0.400. The summed E-state index contributed by atoms with van der Waals surface area (Å²) in [6.45, 7) is 1.92. The standard InChI is InChI=1S/C15H18O5/c1-3-20-15(18)10-12(16)6-9-14(17)11-4-7-13(19-2)8-5-11/h4-5,7-8H,3,6,9-10H2,1-2H3. The molecule has 0 heterocycles. The second kappa shape index (κ2) is 8.09. The first kappa shape index (κ1) is 15.9. The molecule has 0 N–H and O–H groups in total. The molecule has 0 fully saturated rings. The molecule has 1 aromatic carbocycles. The molecule has 0 aliphatic heterocycles. The van der Waals surface area contributed by atoms with Gasteiger partial charge >= 0.3 is 5.97 Å². The molecule has 0 saturated heterocycles. The number of rotatable bonds is 8. The molecule has 0 saturated carbocycles. The van der Waals surface area contributed by atoms with Crippen LogP contribution >= 0.6 is 0 Å². The third-order valence-electron chi connectivity index (χ3n) is 2.69. The number of methoxy groups -OCH3 is 1. The second-order valence-corrected chi connectivity index (χ2v) is 4.17. The van der Waals surface area contributed by atoms with Crippen molar-refractivity contribution in [2.75, 3.05) is 13.7 Å². The smallest absolute Gasteiger partial charge is 0.313 e. The van der Waals surface area contributed by atoms with Crippen molar-refractivity contribution in [3.63, 3.8) is 0 Å². The third kappa shape index (κ3) is 5.22. The van der Waals surface area contributed by atoms with Crippen LogP contribution in [-0.4, -0.2) is 31.3 Å². The fourth-order valence-corrected chi connectivity index (χ4v) is 1.64. The Hall–Kier alpha value is -2.17. The summed E-state index contributed by atoms with van der Waals surface area (Å²) in [4.78, 5) is 34.4. The lowest BCUT2D eigenvalue weighted by atomic mass is 10.0. The Bertz CT molecular complexity index is 476. The predicted octanol–water partition coefficient (Wildman–Crippen LogP) is 2.18. The molecule has 1 aromatic rings. The summed E-state index contributed by atoms with van der Waals surface area (Å²) in [5.41, 5.74) is 0.523. The van der Waals surface area contributed by atoms with Gasteiger partial charge in [0, 0.05) is 18.4 Å². The van der Waals surface area contributed by atoms with Crippen LogP contribution in [0.3, 0.4) is 0 Å². The summed E-state index contributed by atoms with van der Waals surface area (Å²) in [7, 11) is 1.55. The molecule has 0 atom stereocenters. The van der Waals surface area contributed by atoms with Crippen LogP contribution in [0.25, 0.3) is 0 Å². The van der Waals surface area contributed by atoms with Gasteiger partial charge in [-0.05, 0) is 31.2 Å². The molecule has 0 aliphatic carbocycles. The molecule has 0 spiro atoms. The van der Waals surface area contributed by atoms with E-state index in [2.05, 4.69) is 4.74 Å². The van der Waals surface area contributed by atoms with Crippen molar-refractivity contribution in [1.29, 1.82) is 0 Å². The number of hydrogen-bond donors (Lipinski definition) is 0. The van der Waals surface area contributed by atoms with Crippen molar-refractivity contribution in [3.8, 4) is 5.75 Å². The van der Waals surface area contributed by atoms with Gasteiger partial charge < -0.3 is 9.47 Å². The number of carbonyl (C=O) groups is 3. The van der Waals surface area contributed by atoms with E-state index < -0.39 is 5.97 Å². The molecule has 0 radical (unpaired) electrons. The van der Waals surface area contributed by atoms with Crippen LogP contribution in [0.1, 0.15) is 36.5 Å². The summed E-state index contributed by atoms with van der Waals surface area (Å²) >= 11 is 0. The van der Waals surface area contributed by atoms with E-state index in [0.29, 0.717) is 11.3 Å². The summed E-state index contributed by atoms with van der Waals surface area (Å²) in [6.07, 6.45) is -0.141. The number of esters is 1. The highest BCUT2D eigenvalue weighted by Crippen LogP contribution is 2.13. The van der Waals surface area contributed by atoms with E-state index in [4.69, 9.17) is 4.74 Å². The summed E-state index contributed by atoms with van der Waals surface area (Å²) in [5.74, 6) is -0.301. The van der Waals surface area contributed by atoms with E-state index in [1.165, 1.54) is 0 Å². The molecular formula is C15H18O5. The van der Waals surface area contributed by atoms with Gasteiger partial charge in [-0.2, -0.15) is 0 Å².